The molecule has 2 aliphatic heterocycles. The van der Waals surface area contributed by atoms with Crippen molar-refractivity contribution in [3.8, 4) is 0 Å². The number of hydrazine groups is 1. The summed E-state index contributed by atoms with van der Waals surface area (Å²) in [6, 6.07) is -0.502. The van der Waals surface area contributed by atoms with Crippen molar-refractivity contribution in [1.29, 1.82) is 0 Å². The van der Waals surface area contributed by atoms with E-state index in [1.807, 2.05) is 0 Å². The van der Waals surface area contributed by atoms with Gasteiger partial charge in [-0.1, -0.05) is 11.6 Å². The highest BCUT2D eigenvalue weighted by Crippen LogP contribution is 2.35. The molecule has 2 amide bonds. The number of aromatic nitrogens is 1. The number of imide groups is 1. The second-order valence-corrected chi connectivity index (χ2v) is 6.25. The van der Waals surface area contributed by atoms with Gasteiger partial charge < -0.3 is 4.74 Å². The molecule has 0 radical (unpaired) electrons. The zero-order valence-electron chi connectivity index (χ0n) is 14.5. The van der Waals surface area contributed by atoms with Crippen LogP contribution >= 0.6 is 11.6 Å². The van der Waals surface area contributed by atoms with Crippen LogP contribution in [-0.4, -0.2) is 53.2 Å². The predicted octanol–water partition coefficient (Wildman–Crippen LogP) is 0.981. The van der Waals surface area contributed by atoms with Crippen LogP contribution in [0.1, 0.15) is 12.5 Å². The number of pyridine rings is 1. The van der Waals surface area contributed by atoms with Crippen LogP contribution in [-0.2, 0) is 25.3 Å². The Bertz CT molecular complexity index is 891. The maximum absolute atomic E-state index is 12.8. The first-order valence-electron chi connectivity index (χ1n) is 7.92. The average Bonchev–Trinajstić information content (AvgIpc) is 3.14. The first-order chi connectivity index (χ1) is 13.1. The molecule has 1 fully saturated rings. The summed E-state index contributed by atoms with van der Waals surface area (Å²) in [4.78, 5) is 40.9. The molecule has 3 heterocycles. The van der Waals surface area contributed by atoms with Gasteiger partial charge in [-0.2, -0.15) is 23.3 Å². The van der Waals surface area contributed by atoms with Gasteiger partial charge in [-0.3, -0.25) is 20.0 Å². The highest BCUT2D eigenvalue weighted by molar-refractivity contribution is 6.44. The molecule has 9 nitrogen and oxygen atoms in total. The Hall–Kier alpha value is -2.89. The van der Waals surface area contributed by atoms with Gasteiger partial charge in [0.25, 0.3) is 11.8 Å². The summed E-state index contributed by atoms with van der Waals surface area (Å²) < 4.78 is 43.1. The Balaban J connectivity index is 1.89. The highest BCUT2D eigenvalue weighted by Gasteiger charge is 2.57. The summed E-state index contributed by atoms with van der Waals surface area (Å²) in [6.45, 7) is 1.62. The van der Waals surface area contributed by atoms with E-state index in [0.717, 1.165) is 5.01 Å². The van der Waals surface area contributed by atoms with E-state index in [2.05, 4.69) is 15.5 Å². The number of hydrogen-bond acceptors (Lipinski definition) is 8. The SMILES string of the molecule is CCOC(=O)C1=NN[C@H]2C(=O)N(N(C)c3ncc(C(F)(F)F)cc3Cl)C(=O)[C@H]12. The third-order valence-corrected chi connectivity index (χ3v) is 4.42. The van der Waals surface area contributed by atoms with E-state index >= 15 is 0 Å². The Morgan fingerprint density at radius 1 is 1.39 bits per heavy atom. The number of carbonyl (C=O) groups is 3. The minimum atomic E-state index is -4.65. The number of hydrazone groups is 1. The lowest BCUT2D eigenvalue weighted by Crippen LogP contribution is -2.47. The largest absolute Gasteiger partial charge is 0.461 e. The first-order valence-corrected chi connectivity index (χ1v) is 8.30. The molecule has 150 valence electrons. The van der Waals surface area contributed by atoms with Gasteiger partial charge in [0.2, 0.25) is 0 Å². The van der Waals surface area contributed by atoms with E-state index in [1.165, 1.54) is 7.05 Å². The molecule has 3 rings (SSSR count). The van der Waals surface area contributed by atoms with Gasteiger partial charge in [-0.15, -0.1) is 0 Å². The van der Waals surface area contributed by atoms with E-state index in [1.54, 1.807) is 6.92 Å². The molecule has 0 aromatic carbocycles. The van der Waals surface area contributed by atoms with Crippen molar-refractivity contribution in [2.75, 3.05) is 18.7 Å². The van der Waals surface area contributed by atoms with Crippen LogP contribution in [0.25, 0.3) is 0 Å². The fourth-order valence-corrected chi connectivity index (χ4v) is 3.15. The van der Waals surface area contributed by atoms with Crippen LogP contribution < -0.4 is 10.4 Å². The van der Waals surface area contributed by atoms with Crippen LogP contribution in [0.15, 0.2) is 17.4 Å². The summed E-state index contributed by atoms with van der Waals surface area (Å²) in [5, 5.41) is 4.86. The minimum Gasteiger partial charge on any atom is -0.461 e. The van der Waals surface area contributed by atoms with E-state index in [-0.39, 0.29) is 18.1 Å². The molecular formula is C15H13ClF3N5O4. The van der Waals surface area contributed by atoms with Crippen molar-refractivity contribution in [3.63, 3.8) is 0 Å². The summed E-state index contributed by atoms with van der Waals surface area (Å²) in [6.07, 6.45) is -4.12. The summed E-state index contributed by atoms with van der Waals surface area (Å²) in [5.41, 5.74) is 1.08. The quantitative estimate of drug-likeness (QED) is 0.573. The number of halogens is 4. The Labute approximate surface area is 161 Å². The standard InChI is InChI=1S/C15H13ClF3N5O4/c1-3-28-14(27)10-8-9(21-22-10)13(26)24(12(8)25)23(2)11-7(16)4-6(5-20-11)15(17,18)19/h4-5,8-9,21H,3H2,1-2H3/t8-,9+/m0/s1. The summed E-state index contributed by atoms with van der Waals surface area (Å²) in [7, 11) is 1.24. The molecule has 0 aliphatic carbocycles. The molecular weight excluding hydrogens is 407 g/mol. The monoisotopic (exact) mass is 419 g/mol. The molecule has 0 unspecified atom stereocenters. The number of nitrogens with one attached hydrogen (secondary N) is 1. The van der Waals surface area contributed by atoms with Crippen LogP contribution in [0.4, 0.5) is 19.0 Å². The number of hydrogen-bond donors (Lipinski definition) is 1. The molecule has 0 spiro atoms. The van der Waals surface area contributed by atoms with E-state index in [4.69, 9.17) is 16.3 Å². The fourth-order valence-electron chi connectivity index (χ4n) is 2.86. The molecule has 0 bridgehead atoms. The van der Waals surface area contributed by atoms with E-state index < -0.39 is 46.5 Å². The second kappa shape index (κ2) is 6.93. The zero-order chi connectivity index (χ0) is 20.8. The molecule has 1 saturated heterocycles. The van der Waals surface area contributed by atoms with Gasteiger partial charge in [0, 0.05) is 13.2 Å². The number of amides is 2. The van der Waals surface area contributed by atoms with Crippen molar-refractivity contribution in [2.45, 2.75) is 19.1 Å². The third-order valence-electron chi connectivity index (χ3n) is 4.14. The third kappa shape index (κ3) is 3.13. The van der Waals surface area contributed by atoms with Crippen molar-refractivity contribution in [3.05, 3.63) is 22.8 Å². The molecule has 1 N–H and O–H groups in total. The van der Waals surface area contributed by atoms with Gasteiger partial charge >= 0.3 is 12.1 Å². The van der Waals surface area contributed by atoms with E-state index in [9.17, 15) is 27.6 Å². The smallest absolute Gasteiger partial charge is 0.417 e. The highest BCUT2D eigenvalue weighted by atomic mass is 35.5. The van der Waals surface area contributed by atoms with Gasteiger partial charge in [-0.25, -0.2) is 9.78 Å². The number of alkyl halides is 3. The lowest BCUT2D eigenvalue weighted by molar-refractivity contribution is -0.141. The topological polar surface area (TPSA) is 104 Å². The maximum atomic E-state index is 12.8. The number of carbonyl (C=O) groups excluding carboxylic acids is 3. The Kier molecular flexibility index (Phi) is 4.91. The predicted molar refractivity (Wildman–Crippen MR) is 89.0 cm³/mol. The summed E-state index contributed by atoms with van der Waals surface area (Å²) in [5.74, 6) is -3.89. The number of nitrogens with zero attached hydrogens (tertiary/aromatic N) is 4. The van der Waals surface area contributed by atoms with Crippen LogP contribution in [0.2, 0.25) is 5.02 Å². The Morgan fingerprint density at radius 2 is 2.07 bits per heavy atom. The van der Waals surface area contributed by atoms with Crippen LogP contribution in [0, 0.1) is 5.92 Å². The normalized spacial score (nSPS) is 21.4. The van der Waals surface area contributed by atoms with Crippen molar-refractivity contribution in [1.82, 2.24) is 15.4 Å². The van der Waals surface area contributed by atoms with Crippen LogP contribution in [0.5, 0.6) is 0 Å². The molecule has 1 aromatic rings. The number of fused-ring (bicyclic) bond motifs is 1. The van der Waals surface area contributed by atoms with Crippen molar-refractivity contribution >= 4 is 40.9 Å². The fraction of sp³-hybridized carbons (Fsp3) is 0.400. The molecule has 1 aromatic heterocycles. The number of rotatable bonds is 4. The van der Waals surface area contributed by atoms with Crippen LogP contribution in [0.3, 0.4) is 0 Å². The lowest BCUT2D eigenvalue weighted by atomic mass is 9.99. The van der Waals surface area contributed by atoms with Crippen molar-refractivity contribution < 1.29 is 32.3 Å². The number of esters is 1. The maximum Gasteiger partial charge on any atom is 0.417 e. The van der Waals surface area contributed by atoms with Gasteiger partial charge in [0.05, 0.1) is 17.2 Å². The molecule has 28 heavy (non-hydrogen) atoms. The first kappa shape index (κ1) is 19.9. The number of anilines is 1. The van der Waals surface area contributed by atoms with Gasteiger partial charge in [0.1, 0.15) is 12.0 Å². The summed E-state index contributed by atoms with van der Waals surface area (Å²) >= 11 is 5.88. The molecule has 13 heteroatoms. The zero-order valence-corrected chi connectivity index (χ0v) is 15.2. The van der Waals surface area contributed by atoms with Gasteiger partial charge in [0.15, 0.2) is 11.5 Å². The number of ether oxygens (including phenoxy) is 1. The molecule has 2 atom stereocenters. The van der Waals surface area contributed by atoms with E-state index in [0.29, 0.717) is 17.3 Å². The van der Waals surface area contributed by atoms with Crippen molar-refractivity contribution in [2.24, 2.45) is 11.0 Å². The van der Waals surface area contributed by atoms with Gasteiger partial charge in [-0.05, 0) is 13.0 Å². The molecule has 0 saturated carbocycles. The Morgan fingerprint density at radius 3 is 2.64 bits per heavy atom. The lowest BCUT2D eigenvalue weighted by Gasteiger charge is -2.28. The average molecular weight is 420 g/mol. The second-order valence-electron chi connectivity index (χ2n) is 5.84. The molecule has 2 aliphatic rings. The minimum absolute atomic E-state index is 0.0477.